The molecule has 2 aromatic carbocycles. The normalized spacial score (nSPS) is 10.8. The fourth-order valence-corrected chi connectivity index (χ4v) is 3.80. The molecule has 0 bridgehead atoms. The molecule has 0 aliphatic rings. The lowest BCUT2D eigenvalue weighted by Gasteiger charge is -2.08. The van der Waals surface area contributed by atoms with Gasteiger partial charge >= 0.3 is 0 Å². The number of methoxy groups -OCH3 is 1. The number of anilines is 1. The van der Waals surface area contributed by atoms with E-state index in [4.69, 9.17) is 27.9 Å². The van der Waals surface area contributed by atoms with Crippen molar-refractivity contribution in [2.24, 2.45) is 0 Å². The molecule has 6 heteroatoms. The van der Waals surface area contributed by atoms with E-state index in [2.05, 4.69) is 5.32 Å². The highest BCUT2D eigenvalue weighted by molar-refractivity contribution is 7.21. The molecule has 0 aliphatic heterocycles. The molecular formula is C17H13Cl2NO2S. The minimum atomic E-state index is -0.250. The second-order valence-electron chi connectivity index (χ2n) is 4.97. The molecule has 3 nitrogen and oxygen atoms in total. The van der Waals surface area contributed by atoms with Crippen molar-refractivity contribution in [1.29, 1.82) is 0 Å². The number of halogens is 2. The fourth-order valence-electron chi connectivity index (χ4n) is 2.24. The van der Waals surface area contributed by atoms with Gasteiger partial charge < -0.3 is 10.1 Å². The van der Waals surface area contributed by atoms with Crippen LogP contribution in [0.3, 0.4) is 0 Å². The summed E-state index contributed by atoms with van der Waals surface area (Å²) in [7, 11) is 1.59. The third-order valence-corrected chi connectivity index (χ3v) is 5.64. The van der Waals surface area contributed by atoms with Gasteiger partial charge in [-0.05, 0) is 42.8 Å². The van der Waals surface area contributed by atoms with Gasteiger partial charge in [0.1, 0.15) is 10.6 Å². The SMILES string of the molecule is COc1ccc2sc(C(=O)Nc3cccc(Cl)c3C)c(Cl)c2c1. The highest BCUT2D eigenvalue weighted by atomic mass is 35.5. The van der Waals surface area contributed by atoms with Crippen LogP contribution >= 0.6 is 34.5 Å². The quantitative estimate of drug-likeness (QED) is 0.638. The molecule has 0 aliphatic carbocycles. The molecule has 1 amide bonds. The van der Waals surface area contributed by atoms with Crippen molar-refractivity contribution in [1.82, 2.24) is 0 Å². The van der Waals surface area contributed by atoms with E-state index in [-0.39, 0.29) is 5.91 Å². The van der Waals surface area contributed by atoms with Gasteiger partial charge in [-0.25, -0.2) is 0 Å². The predicted molar refractivity (Wildman–Crippen MR) is 97.5 cm³/mol. The van der Waals surface area contributed by atoms with Crippen molar-refractivity contribution in [3.8, 4) is 5.75 Å². The largest absolute Gasteiger partial charge is 0.497 e. The van der Waals surface area contributed by atoms with E-state index in [0.717, 1.165) is 15.6 Å². The first-order valence-corrected chi connectivity index (χ1v) is 8.41. The summed E-state index contributed by atoms with van der Waals surface area (Å²) in [6, 6.07) is 11.0. The Morgan fingerprint density at radius 3 is 2.74 bits per heavy atom. The van der Waals surface area contributed by atoms with Gasteiger partial charge in [-0.1, -0.05) is 29.3 Å². The summed E-state index contributed by atoms with van der Waals surface area (Å²) in [5, 5.41) is 4.72. The number of carbonyl (C=O) groups excluding carboxylic acids is 1. The van der Waals surface area contributed by atoms with Crippen LogP contribution in [-0.2, 0) is 0 Å². The molecule has 1 heterocycles. The van der Waals surface area contributed by atoms with Gasteiger partial charge in [0.15, 0.2) is 0 Å². The van der Waals surface area contributed by atoms with E-state index < -0.39 is 0 Å². The number of benzene rings is 2. The van der Waals surface area contributed by atoms with Crippen LogP contribution < -0.4 is 10.1 Å². The van der Waals surface area contributed by atoms with Gasteiger partial charge in [0.25, 0.3) is 5.91 Å². The molecule has 0 saturated heterocycles. The number of thiophene rings is 1. The van der Waals surface area contributed by atoms with Gasteiger partial charge in [-0.3, -0.25) is 4.79 Å². The summed E-state index contributed by atoms with van der Waals surface area (Å²) < 4.78 is 6.14. The Balaban J connectivity index is 1.98. The van der Waals surface area contributed by atoms with Crippen LogP contribution in [0.4, 0.5) is 5.69 Å². The van der Waals surface area contributed by atoms with Crippen LogP contribution in [-0.4, -0.2) is 13.0 Å². The van der Waals surface area contributed by atoms with E-state index in [9.17, 15) is 4.79 Å². The zero-order valence-corrected chi connectivity index (χ0v) is 14.8. The Morgan fingerprint density at radius 2 is 2.00 bits per heavy atom. The lowest BCUT2D eigenvalue weighted by Crippen LogP contribution is -2.11. The molecule has 3 aromatic rings. The third-order valence-electron chi connectivity index (χ3n) is 3.56. The standard InChI is InChI=1S/C17H13Cl2NO2S/c1-9-12(18)4-3-5-13(9)20-17(21)16-15(19)11-8-10(22-2)6-7-14(11)23-16/h3-8H,1-2H3,(H,20,21). The second kappa shape index (κ2) is 6.40. The number of carbonyl (C=O) groups is 1. The second-order valence-corrected chi connectivity index (χ2v) is 6.81. The first kappa shape index (κ1) is 16.1. The van der Waals surface area contributed by atoms with Crippen molar-refractivity contribution in [3.05, 3.63) is 56.9 Å². The minimum absolute atomic E-state index is 0.250. The Morgan fingerprint density at radius 1 is 1.22 bits per heavy atom. The molecule has 0 radical (unpaired) electrons. The third kappa shape index (κ3) is 3.02. The summed E-state index contributed by atoms with van der Waals surface area (Å²) in [5.41, 5.74) is 1.50. The van der Waals surface area contributed by atoms with Gasteiger partial charge in [0.05, 0.1) is 12.1 Å². The number of hydrogen-bond acceptors (Lipinski definition) is 3. The molecule has 1 aromatic heterocycles. The van der Waals surface area contributed by atoms with E-state index in [1.807, 2.05) is 31.2 Å². The first-order chi connectivity index (χ1) is 11.0. The molecular weight excluding hydrogens is 353 g/mol. The van der Waals surface area contributed by atoms with Crippen molar-refractivity contribution >= 4 is 56.2 Å². The van der Waals surface area contributed by atoms with E-state index in [1.165, 1.54) is 11.3 Å². The van der Waals surface area contributed by atoms with Crippen LogP contribution in [0.25, 0.3) is 10.1 Å². The molecule has 0 unspecified atom stereocenters. The zero-order valence-electron chi connectivity index (χ0n) is 12.4. The summed E-state index contributed by atoms with van der Waals surface area (Å²) in [5.74, 6) is 0.454. The van der Waals surface area contributed by atoms with Crippen molar-refractivity contribution in [3.63, 3.8) is 0 Å². The average Bonchev–Trinajstić information content (AvgIpc) is 2.88. The molecule has 0 spiro atoms. The van der Waals surface area contributed by atoms with Gasteiger partial charge in [-0.2, -0.15) is 0 Å². The molecule has 0 saturated carbocycles. The number of rotatable bonds is 3. The van der Waals surface area contributed by atoms with Crippen molar-refractivity contribution in [2.75, 3.05) is 12.4 Å². The molecule has 1 N–H and O–H groups in total. The molecule has 118 valence electrons. The molecule has 0 fully saturated rings. The van der Waals surface area contributed by atoms with Crippen LogP contribution in [0.15, 0.2) is 36.4 Å². The summed E-state index contributed by atoms with van der Waals surface area (Å²) in [4.78, 5) is 13.0. The van der Waals surface area contributed by atoms with Gasteiger partial charge in [-0.15, -0.1) is 11.3 Å². The molecule has 23 heavy (non-hydrogen) atoms. The van der Waals surface area contributed by atoms with E-state index in [1.54, 1.807) is 19.2 Å². The smallest absolute Gasteiger partial charge is 0.267 e. The topological polar surface area (TPSA) is 38.3 Å². The number of fused-ring (bicyclic) bond motifs is 1. The Hall–Kier alpha value is -1.75. The van der Waals surface area contributed by atoms with Crippen LogP contribution in [0.2, 0.25) is 10.0 Å². The van der Waals surface area contributed by atoms with Crippen LogP contribution in [0, 0.1) is 6.92 Å². The maximum Gasteiger partial charge on any atom is 0.267 e. The predicted octanol–water partition coefficient (Wildman–Crippen LogP) is 5.78. The monoisotopic (exact) mass is 365 g/mol. The Bertz CT molecular complexity index is 905. The zero-order chi connectivity index (χ0) is 16.6. The Kier molecular flexibility index (Phi) is 4.48. The summed E-state index contributed by atoms with van der Waals surface area (Å²) in [6.45, 7) is 1.86. The maximum atomic E-state index is 12.6. The van der Waals surface area contributed by atoms with Crippen LogP contribution in [0.5, 0.6) is 5.75 Å². The minimum Gasteiger partial charge on any atom is -0.497 e. The molecule has 0 atom stereocenters. The maximum absolute atomic E-state index is 12.6. The number of hydrogen-bond donors (Lipinski definition) is 1. The van der Waals surface area contributed by atoms with Gasteiger partial charge in [0.2, 0.25) is 0 Å². The number of amides is 1. The lowest BCUT2D eigenvalue weighted by atomic mass is 10.2. The lowest BCUT2D eigenvalue weighted by molar-refractivity contribution is 0.103. The van der Waals surface area contributed by atoms with Crippen molar-refractivity contribution < 1.29 is 9.53 Å². The fraction of sp³-hybridized carbons (Fsp3) is 0.118. The number of nitrogens with one attached hydrogen (secondary N) is 1. The van der Waals surface area contributed by atoms with Crippen LogP contribution in [0.1, 0.15) is 15.2 Å². The van der Waals surface area contributed by atoms with E-state index >= 15 is 0 Å². The summed E-state index contributed by atoms with van der Waals surface area (Å²) in [6.07, 6.45) is 0. The molecule has 3 rings (SSSR count). The number of ether oxygens (including phenoxy) is 1. The highest BCUT2D eigenvalue weighted by Crippen LogP contribution is 2.38. The highest BCUT2D eigenvalue weighted by Gasteiger charge is 2.18. The van der Waals surface area contributed by atoms with Crippen molar-refractivity contribution in [2.45, 2.75) is 6.92 Å². The Labute approximate surface area is 147 Å². The van der Waals surface area contributed by atoms with Gasteiger partial charge in [0, 0.05) is 20.8 Å². The average molecular weight is 366 g/mol. The van der Waals surface area contributed by atoms with E-state index in [0.29, 0.717) is 26.4 Å². The summed E-state index contributed by atoms with van der Waals surface area (Å²) >= 11 is 13.8. The first-order valence-electron chi connectivity index (χ1n) is 6.83.